The van der Waals surface area contributed by atoms with Crippen LogP contribution in [0.25, 0.3) is 4.83 Å². The van der Waals surface area contributed by atoms with E-state index >= 15 is 0 Å². The molecular formula is C19H34N2S3Sn. The molecule has 0 N–H and O–H groups in total. The van der Waals surface area contributed by atoms with Crippen LogP contribution in [0, 0.1) is 0 Å². The minimum absolute atomic E-state index is 1.22. The van der Waals surface area contributed by atoms with E-state index in [0.29, 0.717) is 0 Å². The Morgan fingerprint density at radius 2 is 1.52 bits per heavy atom. The molecule has 2 aromatic rings. The van der Waals surface area contributed by atoms with E-state index in [2.05, 4.69) is 60.3 Å². The number of rotatable bonds is 12. The molecule has 2 nitrogen and oxygen atoms in total. The number of thiazole rings is 1. The topological polar surface area (TPSA) is 17.3 Å². The Morgan fingerprint density at radius 1 is 0.960 bits per heavy atom. The first kappa shape index (κ1) is 22.0. The number of unbranched alkanes of at least 4 members (excludes halogenated alkanes) is 3. The summed E-state index contributed by atoms with van der Waals surface area (Å²) in [5, 5.41) is 2.75. The van der Waals surface area contributed by atoms with Crippen molar-refractivity contribution in [3.63, 3.8) is 0 Å². The molecule has 0 aliphatic carbocycles. The maximum absolute atomic E-state index is 4.64. The first-order valence-electron chi connectivity index (χ1n) is 9.75. The molecule has 0 aliphatic heterocycles. The number of imidazole rings is 1. The molecule has 0 spiro atoms. The van der Waals surface area contributed by atoms with Gasteiger partial charge in [-0.05, 0) is 0 Å². The molecule has 0 radical (unpaired) electrons. The standard InChI is InChI=1S/C7H7N2S3.3C4H9.Sn/c1-10-5-3-12-7-6(11-2)8-4-9(5)7;3*1-3-4-2;/h4H,1-2H3;3*1,3-4H2,2H3;. The Kier molecular flexibility index (Phi) is 9.54. The summed E-state index contributed by atoms with van der Waals surface area (Å²) in [4.78, 5) is 6.04. The Bertz CT molecular complexity index is 629. The van der Waals surface area contributed by atoms with Gasteiger partial charge in [-0.25, -0.2) is 0 Å². The van der Waals surface area contributed by atoms with Crippen molar-refractivity contribution in [2.45, 2.75) is 82.7 Å². The molecule has 2 aromatic heterocycles. The van der Waals surface area contributed by atoms with Crippen LogP contribution in [0.2, 0.25) is 13.3 Å². The van der Waals surface area contributed by atoms with E-state index in [1.54, 1.807) is 25.1 Å². The van der Waals surface area contributed by atoms with Crippen molar-refractivity contribution < 1.29 is 0 Å². The zero-order valence-electron chi connectivity index (χ0n) is 16.6. The van der Waals surface area contributed by atoms with Gasteiger partial charge in [0, 0.05) is 0 Å². The monoisotopic (exact) mass is 506 g/mol. The molecule has 25 heavy (non-hydrogen) atoms. The molecular weight excluding hydrogens is 471 g/mol. The first-order valence-corrected chi connectivity index (χ1v) is 20.5. The average Bonchev–Trinajstić information content (AvgIpc) is 3.20. The predicted molar refractivity (Wildman–Crippen MR) is 121 cm³/mol. The number of thioether (sulfide) groups is 2. The molecule has 0 aromatic carbocycles. The number of aromatic nitrogens is 2. The summed E-state index contributed by atoms with van der Waals surface area (Å²) < 4.78 is 8.90. The predicted octanol–water partition coefficient (Wildman–Crippen LogP) is 6.90. The van der Waals surface area contributed by atoms with Gasteiger partial charge in [0.2, 0.25) is 0 Å². The maximum atomic E-state index is 4.64. The summed E-state index contributed by atoms with van der Waals surface area (Å²) in [6.45, 7) is 7.09. The molecule has 2 rings (SSSR count). The normalized spacial score (nSPS) is 12.4. The van der Waals surface area contributed by atoms with Crippen LogP contribution < -0.4 is 2.89 Å². The fourth-order valence-corrected chi connectivity index (χ4v) is 28.1. The van der Waals surface area contributed by atoms with Gasteiger partial charge in [-0.15, -0.1) is 0 Å². The molecule has 0 aliphatic rings. The van der Waals surface area contributed by atoms with Gasteiger partial charge in [0.05, 0.1) is 0 Å². The second-order valence-corrected chi connectivity index (χ2v) is 23.6. The van der Waals surface area contributed by atoms with Crippen LogP contribution in [0.3, 0.4) is 0 Å². The summed E-state index contributed by atoms with van der Waals surface area (Å²) >= 11 is 3.50. The van der Waals surface area contributed by atoms with Crippen LogP contribution >= 0.6 is 34.9 Å². The van der Waals surface area contributed by atoms with E-state index in [1.165, 1.54) is 53.4 Å². The van der Waals surface area contributed by atoms with Gasteiger partial charge in [-0.3, -0.25) is 0 Å². The molecule has 2 heterocycles. The van der Waals surface area contributed by atoms with Crippen LogP contribution in [0.5, 0.6) is 0 Å². The van der Waals surface area contributed by atoms with E-state index < -0.39 is 18.4 Å². The molecule has 0 bridgehead atoms. The summed E-state index contributed by atoms with van der Waals surface area (Å²) in [6, 6.07) is 0. The fourth-order valence-electron chi connectivity index (χ4n) is 3.74. The quantitative estimate of drug-likeness (QED) is 0.231. The van der Waals surface area contributed by atoms with Gasteiger partial charge < -0.3 is 0 Å². The third-order valence-corrected chi connectivity index (χ3v) is 26.9. The van der Waals surface area contributed by atoms with Gasteiger partial charge in [-0.1, -0.05) is 0 Å². The van der Waals surface area contributed by atoms with Gasteiger partial charge in [0.25, 0.3) is 0 Å². The summed E-state index contributed by atoms with van der Waals surface area (Å²) in [7, 11) is 0. The molecule has 0 saturated heterocycles. The van der Waals surface area contributed by atoms with Gasteiger partial charge in [0.1, 0.15) is 0 Å². The van der Waals surface area contributed by atoms with E-state index in [0.717, 1.165) is 0 Å². The van der Waals surface area contributed by atoms with Crippen LogP contribution in [-0.2, 0) is 0 Å². The average molecular weight is 505 g/mol. The van der Waals surface area contributed by atoms with E-state index in [9.17, 15) is 0 Å². The van der Waals surface area contributed by atoms with Crippen molar-refractivity contribution in [3.05, 3.63) is 6.33 Å². The summed E-state index contributed by atoms with van der Waals surface area (Å²) in [5.41, 5.74) is 0. The second kappa shape index (κ2) is 10.9. The Hall–Kier alpha value is 0.669. The Balaban J connectivity index is 2.56. The number of hydrogen-bond donors (Lipinski definition) is 0. The molecule has 0 unspecified atom stereocenters. The van der Waals surface area contributed by atoms with Crippen molar-refractivity contribution in [2.24, 2.45) is 0 Å². The van der Waals surface area contributed by atoms with Gasteiger partial charge >= 0.3 is 172 Å². The number of nitrogens with zero attached hydrogens (tertiary/aromatic N) is 2. The SMILES string of the molecule is CCC[CH2][Sn]([CH2]CCC)([CH2]CCC)[c]1sc2c(SC)ncn2c1SC. The third kappa shape index (κ3) is 4.94. The number of fused-ring (bicyclic) bond motifs is 1. The Labute approximate surface area is 170 Å². The van der Waals surface area contributed by atoms with Crippen molar-refractivity contribution in [1.82, 2.24) is 9.38 Å². The van der Waals surface area contributed by atoms with Crippen LogP contribution in [0.1, 0.15) is 59.3 Å². The van der Waals surface area contributed by atoms with Gasteiger partial charge in [-0.2, -0.15) is 0 Å². The zero-order valence-corrected chi connectivity index (χ0v) is 21.9. The van der Waals surface area contributed by atoms with E-state index in [1.807, 2.05) is 14.7 Å². The molecule has 0 amide bonds. The van der Waals surface area contributed by atoms with Crippen LogP contribution in [0.15, 0.2) is 16.4 Å². The molecule has 0 fully saturated rings. The molecule has 0 saturated carbocycles. The van der Waals surface area contributed by atoms with Crippen LogP contribution in [0.4, 0.5) is 0 Å². The Morgan fingerprint density at radius 3 is 1.96 bits per heavy atom. The summed E-state index contributed by atoms with van der Waals surface area (Å²) in [5.74, 6) is 0. The molecule has 0 atom stereocenters. The first-order chi connectivity index (χ1) is 12.2. The fraction of sp³-hybridized carbons (Fsp3) is 0.737. The third-order valence-electron chi connectivity index (χ3n) is 5.20. The van der Waals surface area contributed by atoms with Crippen molar-refractivity contribution >= 4 is 61.0 Å². The summed E-state index contributed by atoms with van der Waals surface area (Å²) in [6.07, 6.45) is 14.8. The zero-order chi connectivity index (χ0) is 18.3. The van der Waals surface area contributed by atoms with Gasteiger partial charge in [0.15, 0.2) is 0 Å². The van der Waals surface area contributed by atoms with E-state index in [-0.39, 0.29) is 0 Å². The van der Waals surface area contributed by atoms with E-state index in [4.69, 9.17) is 0 Å². The molecule has 6 heteroatoms. The van der Waals surface area contributed by atoms with Crippen molar-refractivity contribution in [3.8, 4) is 0 Å². The number of hydrogen-bond acceptors (Lipinski definition) is 4. The molecule has 142 valence electrons. The van der Waals surface area contributed by atoms with Crippen molar-refractivity contribution in [1.29, 1.82) is 0 Å². The minimum atomic E-state index is -2.37. The van der Waals surface area contributed by atoms with Crippen molar-refractivity contribution in [2.75, 3.05) is 12.5 Å². The van der Waals surface area contributed by atoms with Crippen LogP contribution in [-0.4, -0.2) is 40.3 Å². The second-order valence-electron chi connectivity index (χ2n) is 6.96.